The fourth-order valence-corrected chi connectivity index (χ4v) is 4.47. The van der Waals surface area contributed by atoms with Crippen LogP contribution < -0.4 is 0 Å². The van der Waals surface area contributed by atoms with Crippen LogP contribution in [0.25, 0.3) is 0 Å². The monoisotopic (exact) mass is 442 g/mol. The van der Waals surface area contributed by atoms with Crippen molar-refractivity contribution in [2.45, 2.75) is 90.1 Å². The van der Waals surface area contributed by atoms with Crippen molar-refractivity contribution < 1.29 is 23.9 Å². The van der Waals surface area contributed by atoms with Crippen molar-refractivity contribution in [3.05, 3.63) is 47.5 Å². The number of ketones is 1. The molecule has 0 N–H and O–H groups in total. The number of unbranched alkanes of at least 4 members (excludes halogenated alkanes) is 3. The van der Waals surface area contributed by atoms with E-state index in [1.807, 2.05) is 24.3 Å². The van der Waals surface area contributed by atoms with E-state index >= 15 is 0 Å². The molecule has 0 radical (unpaired) electrons. The van der Waals surface area contributed by atoms with Crippen LogP contribution in [0.3, 0.4) is 0 Å². The van der Waals surface area contributed by atoms with E-state index in [4.69, 9.17) is 4.74 Å². The number of Topliss-reactive ketones (excluding diaryl/α,β-unsaturated/α-hetero) is 1. The smallest absolute Gasteiger partial charge is 0.305 e. The number of ether oxygens (including phenoxy) is 2. The molecule has 1 aliphatic carbocycles. The molecule has 32 heavy (non-hydrogen) atoms. The minimum Gasteiger partial charge on any atom is -0.469 e. The molecule has 0 bridgehead atoms. The molecule has 176 valence electrons. The van der Waals surface area contributed by atoms with E-state index in [1.165, 1.54) is 14.0 Å². The van der Waals surface area contributed by atoms with E-state index in [0.717, 1.165) is 62.5 Å². The van der Waals surface area contributed by atoms with E-state index in [1.54, 1.807) is 0 Å². The Balaban J connectivity index is 1.98. The van der Waals surface area contributed by atoms with Gasteiger partial charge in [-0.15, -0.1) is 0 Å². The van der Waals surface area contributed by atoms with Gasteiger partial charge in [-0.05, 0) is 55.6 Å². The predicted molar refractivity (Wildman–Crippen MR) is 125 cm³/mol. The Kier molecular flexibility index (Phi) is 11.2. The Morgan fingerprint density at radius 3 is 2.53 bits per heavy atom. The van der Waals surface area contributed by atoms with Crippen LogP contribution in [0.15, 0.2) is 36.4 Å². The molecule has 5 heteroatoms. The first-order valence-corrected chi connectivity index (χ1v) is 12.0. The van der Waals surface area contributed by atoms with Gasteiger partial charge in [-0.25, -0.2) is 0 Å². The second kappa shape index (κ2) is 13.9. The first-order valence-electron chi connectivity index (χ1n) is 12.0. The summed E-state index contributed by atoms with van der Waals surface area (Å²) < 4.78 is 10.2. The van der Waals surface area contributed by atoms with E-state index in [9.17, 15) is 14.4 Å². The van der Waals surface area contributed by atoms with Gasteiger partial charge in [-0.3, -0.25) is 14.4 Å². The minimum atomic E-state index is -0.264. The molecule has 0 aromatic heterocycles. The lowest BCUT2D eigenvalue weighted by atomic mass is 9.85. The topological polar surface area (TPSA) is 69.7 Å². The molecule has 1 aromatic carbocycles. The normalized spacial score (nSPS) is 19.3. The lowest BCUT2D eigenvalue weighted by Crippen LogP contribution is -2.13. The standard InChI is InChI=1S/C27H38O5/c1-4-5-8-12-25(32-20(2)28)21-14-16-23(17-15-21)27-22(18-19-24(27)29)11-9-6-7-10-13-26(30)31-3/h6,9,14-17,22,25,27H,4-5,7-8,10-13,18-19H2,1-3H3/b9-6-/t22-,25?,27-/m0/s1. The summed E-state index contributed by atoms with van der Waals surface area (Å²) in [5.41, 5.74) is 2.04. The number of methoxy groups -OCH3 is 1. The molecule has 3 atom stereocenters. The Hall–Kier alpha value is -2.43. The van der Waals surface area contributed by atoms with Crippen molar-refractivity contribution in [3.8, 4) is 0 Å². The van der Waals surface area contributed by atoms with Crippen molar-refractivity contribution in [1.29, 1.82) is 0 Å². The maximum atomic E-state index is 12.6. The van der Waals surface area contributed by atoms with E-state index in [2.05, 4.69) is 23.8 Å². The third kappa shape index (κ3) is 8.25. The summed E-state index contributed by atoms with van der Waals surface area (Å²) in [5.74, 6) is 0.0981. The summed E-state index contributed by atoms with van der Waals surface area (Å²) >= 11 is 0. The molecule has 5 nitrogen and oxygen atoms in total. The molecule has 0 spiro atoms. The largest absolute Gasteiger partial charge is 0.469 e. The zero-order valence-corrected chi connectivity index (χ0v) is 19.8. The van der Waals surface area contributed by atoms with Crippen LogP contribution in [-0.4, -0.2) is 24.8 Å². The van der Waals surface area contributed by atoms with Gasteiger partial charge in [-0.1, -0.05) is 56.2 Å². The molecule has 2 rings (SSSR count). The second-order valence-corrected chi connectivity index (χ2v) is 8.68. The van der Waals surface area contributed by atoms with Crippen molar-refractivity contribution >= 4 is 17.7 Å². The predicted octanol–water partition coefficient (Wildman–Crippen LogP) is 6.22. The first-order chi connectivity index (χ1) is 15.5. The molecular formula is C27H38O5. The Bertz CT molecular complexity index is 765. The van der Waals surface area contributed by atoms with Gasteiger partial charge < -0.3 is 9.47 Å². The van der Waals surface area contributed by atoms with Crippen LogP contribution in [0, 0.1) is 5.92 Å². The molecule has 1 unspecified atom stereocenters. The van der Waals surface area contributed by atoms with Crippen molar-refractivity contribution in [2.24, 2.45) is 5.92 Å². The number of carbonyl (C=O) groups is 3. The van der Waals surface area contributed by atoms with E-state index in [-0.39, 0.29) is 24.0 Å². The average Bonchev–Trinajstić information content (AvgIpc) is 3.15. The number of benzene rings is 1. The van der Waals surface area contributed by atoms with Gasteiger partial charge in [0, 0.05) is 25.7 Å². The Morgan fingerprint density at radius 1 is 1.12 bits per heavy atom. The summed E-state index contributed by atoms with van der Waals surface area (Å²) in [5, 5.41) is 0. The van der Waals surface area contributed by atoms with Crippen molar-refractivity contribution in [2.75, 3.05) is 7.11 Å². The van der Waals surface area contributed by atoms with Crippen LogP contribution in [-0.2, 0) is 23.9 Å². The molecule has 1 saturated carbocycles. The van der Waals surface area contributed by atoms with Gasteiger partial charge >= 0.3 is 11.9 Å². The molecule has 1 fully saturated rings. The average molecular weight is 443 g/mol. The van der Waals surface area contributed by atoms with Crippen LogP contribution in [0.5, 0.6) is 0 Å². The van der Waals surface area contributed by atoms with Gasteiger partial charge in [0.05, 0.1) is 7.11 Å². The van der Waals surface area contributed by atoms with Crippen molar-refractivity contribution in [1.82, 2.24) is 0 Å². The van der Waals surface area contributed by atoms with Gasteiger partial charge in [0.15, 0.2) is 0 Å². The van der Waals surface area contributed by atoms with Crippen LogP contribution in [0.1, 0.15) is 101 Å². The number of hydrogen-bond acceptors (Lipinski definition) is 5. The Morgan fingerprint density at radius 2 is 1.88 bits per heavy atom. The fourth-order valence-electron chi connectivity index (χ4n) is 4.47. The first kappa shape index (κ1) is 25.8. The molecule has 1 aliphatic rings. The molecular weight excluding hydrogens is 404 g/mol. The SMILES string of the molecule is CCCCCC(OC(C)=O)c1ccc([C@H]2C(=O)CC[C@@H]2C/C=C\CCCC(=O)OC)cc1. The Labute approximate surface area is 192 Å². The summed E-state index contributed by atoms with van der Waals surface area (Å²) in [7, 11) is 1.41. The summed E-state index contributed by atoms with van der Waals surface area (Å²) in [6, 6.07) is 8.10. The van der Waals surface area contributed by atoms with Gasteiger partial charge in [0.25, 0.3) is 0 Å². The van der Waals surface area contributed by atoms with Crippen LogP contribution >= 0.6 is 0 Å². The van der Waals surface area contributed by atoms with E-state index in [0.29, 0.717) is 24.5 Å². The third-order valence-electron chi connectivity index (χ3n) is 6.21. The highest BCUT2D eigenvalue weighted by molar-refractivity contribution is 5.88. The van der Waals surface area contributed by atoms with Crippen LogP contribution in [0.4, 0.5) is 0 Å². The third-order valence-corrected chi connectivity index (χ3v) is 6.21. The molecule has 0 heterocycles. The van der Waals surface area contributed by atoms with Gasteiger partial charge in [-0.2, -0.15) is 0 Å². The van der Waals surface area contributed by atoms with E-state index < -0.39 is 0 Å². The lowest BCUT2D eigenvalue weighted by molar-refractivity contribution is -0.147. The maximum Gasteiger partial charge on any atom is 0.305 e. The number of esters is 2. The quantitative estimate of drug-likeness (QED) is 0.206. The zero-order valence-electron chi connectivity index (χ0n) is 19.8. The molecule has 0 aliphatic heterocycles. The highest BCUT2D eigenvalue weighted by atomic mass is 16.5. The highest BCUT2D eigenvalue weighted by Crippen LogP contribution is 2.40. The zero-order chi connectivity index (χ0) is 23.3. The minimum absolute atomic E-state index is 0.0731. The maximum absolute atomic E-state index is 12.6. The summed E-state index contributed by atoms with van der Waals surface area (Å²) in [4.78, 5) is 35.3. The fraction of sp³-hybridized carbons (Fsp3) is 0.593. The lowest BCUT2D eigenvalue weighted by Gasteiger charge is -2.20. The summed E-state index contributed by atoms with van der Waals surface area (Å²) in [6.07, 6.45) is 12.5. The highest BCUT2D eigenvalue weighted by Gasteiger charge is 2.35. The summed E-state index contributed by atoms with van der Waals surface area (Å²) in [6.45, 7) is 3.61. The molecule has 1 aromatic rings. The van der Waals surface area contributed by atoms with Crippen molar-refractivity contribution in [3.63, 3.8) is 0 Å². The van der Waals surface area contributed by atoms with Gasteiger partial charge in [0.2, 0.25) is 0 Å². The number of rotatable bonds is 13. The molecule has 0 amide bonds. The number of carbonyl (C=O) groups excluding carboxylic acids is 3. The second-order valence-electron chi connectivity index (χ2n) is 8.68. The molecule has 0 saturated heterocycles. The van der Waals surface area contributed by atoms with Gasteiger partial charge in [0.1, 0.15) is 11.9 Å². The van der Waals surface area contributed by atoms with Crippen LogP contribution in [0.2, 0.25) is 0 Å². The number of hydrogen-bond donors (Lipinski definition) is 0. The number of allylic oxidation sites excluding steroid dienone is 2.